The van der Waals surface area contributed by atoms with Crippen molar-refractivity contribution < 1.29 is 9.90 Å². The molecule has 0 radical (unpaired) electrons. The molecule has 0 bridgehead atoms. The topological polar surface area (TPSA) is 40.5 Å². The molecule has 1 N–H and O–H groups in total. The molecular formula is C27H41NO2. The van der Waals surface area contributed by atoms with Gasteiger partial charge in [-0.2, -0.15) is 0 Å². The molecule has 0 aromatic rings. The molecule has 10 atom stereocenters. The third-order valence-corrected chi connectivity index (χ3v) is 11.2. The average molecular weight is 412 g/mol. The van der Waals surface area contributed by atoms with E-state index in [2.05, 4.69) is 25.7 Å². The molecule has 4 fully saturated rings. The number of hydrogen-bond donors (Lipinski definition) is 1. The van der Waals surface area contributed by atoms with Gasteiger partial charge in [0.05, 0.1) is 6.10 Å². The first-order valence-electron chi connectivity index (χ1n) is 13.0. The molecule has 2 heterocycles. The van der Waals surface area contributed by atoms with Crippen molar-refractivity contribution in [2.45, 2.75) is 90.7 Å². The first kappa shape index (κ1) is 20.0. The maximum Gasteiger partial charge on any atom is 0.136 e. The van der Waals surface area contributed by atoms with Gasteiger partial charge in [0.15, 0.2) is 0 Å². The number of ketones is 1. The predicted octanol–water partition coefficient (Wildman–Crippen LogP) is 4.84. The van der Waals surface area contributed by atoms with Crippen molar-refractivity contribution in [3.05, 3.63) is 11.1 Å². The van der Waals surface area contributed by atoms with Crippen molar-refractivity contribution in [3.8, 4) is 0 Å². The largest absolute Gasteiger partial charge is 0.393 e. The zero-order valence-electron chi connectivity index (χ0n) is 19.3. The first-order chi connectivity index (χ1) is 14.4. The third kappa shape index (κ3) is 2.73. The number of carbonyl (C=O) groups excluding carboxylic acids is 1. The normalized spacial score (nSPS) is 53.5. The molecule has 6 aliphatic rings. The molecule has 0 amide bonds. The quantitative estimate of drug-likeness (QED) is 0.580. The minimum Gasteiger partial charge on any atom is -0.393 e. The maximum absolute atomic E-state index is 13.2. The number of aliphatic hydroxyl groups is 1. The highest BCUT2D eigenvalue weighted by Crippen LogP contribution is 2.65. The van der Waals surface area contributed by atoms with Crippen molar-refractivity contribution in [2.75, 3.05) is 13.1 Å². The fourth-order valence-corrected chi connectivity index (χ4v) is 9.64. The van der Waals surface area contributed by atoms with Crippen molar-refractivity contribution in [3.63, 3.8) is 0 Å². The van der Waals surface area contributed by atoms with E-state index in [9.17, 15) is 9.90 Å². The maximum atomic E-state index is 13.2. The summed E-state index contributed by atoms with van der Waals surface area (Å²) in [6.07, 6.45) is 9.97. The van der Waals surface area contributed by atoms with Gasteiger partial charge < -0.3 is 5.11 Å². The summed E-state index contributed by atoms with van der Waals surface area (Å²) in [7, 11) is 0. The van der Waals surface area contributed by atoms with Crippen molar-refractivity contribution in [1.82, 2.24) is 4.90 Å². The summed E-state index contributed by atoms with van der Waals surface area (Å²) in [5.74, 6) is 4.97. The van der Waals surface area contributed by atoms with Gasteiger partial charge in [-0.05, 0) is 92.3 Å². The lowest BCUT2D eigenvalue weighted by Crippen LogP contribution is -2.52. The van der Waals surface area contributed by atoms with E-state index < -0.39 is 0 Å². The number of nitrogens with zero attached hydrogens (tertiary/aromatic N) is 1. The van der Waals surface area contributed by atoms with Crippen LogP contribution in [0.1, 0.15) is 78.6 Å². The molecule has 3 saturated carbocycles. The summed E-state index contributed by atoms with van der Waals surface area (Å²) in [6, 6.07) is 0.781. The third-order valence-electron chi connectivity index (χ3n) is 11.2. The zero-order valence-corrected chi connectivity index (χ0v) is 19.3. The summed E-state index contributed by atoms with van der Waals surface area (Å²) in [4.78, 5) is 16.1. The molecule has 3 heteroatoms. The number of fused-ring (bicyclic) bond motifs is 7. The molecule has 0 aromatic carbocycles. The van der Waals surface area contributed by atoms with Gasteiger partial charge in [-0.25, -0.2) is 0 Å². The molecule has 6 rings (SSSR count). The van der Waals surface area contributed by atoms with Crippen LogP contribution in [0.5, 0.6) is 0 Å². The Bertz CT molecular complexity index is 773. The summed E-state index contributed by atoms with van der Waals surface area (Å²) in [5, 5.41) is 10.3. The van der Waals surface area contributed by atoms with Gasteiger partial charge in [0.2, 0.25) is 0 Å². The molecule has 3 nitrogen and oxygen atoms in total. The summed E-state index contributed by atoms with van der Waals surface area (Å²) in [5.41, 5.74) is 3.79. The lowest BCUT2D eigenvalue weighted by atomic mass is 9.52. The van der Waals surface area contributed by atoms with E-state index in [0.29, 0.717) is 17.6 Å². The molecular weight excluding hydrogens is 370 g/mol. The second-order valence-electron chi connectivity index (χ2n) is 12.5. The van der Waals surface area contributed by atoms with Crippen LogP contribution in [0.3, 0.4) is 0 Å². The van der Waals surface area contributed by atoms with E-state index in [1.54, 1.807) is 0 Å². The Hall–Kier alpha value is -0.670. The molecule has 30 heavy (non-hydrogen) atoms. The van der Waals surface area contributed by atoms with E-state index in [1.165, 1.54) is 45.2 Å². The Balaban J connectivity index is 1.33. The highest BCUT2D eigenvalue weighted by atomic mass is 16.3. The molecule has 166 valence electrons. The van der Waals surface area contributed by atoms with E-state index >= 15 is 0 Å². The monoisotopic (exact) mass is 411 g/mol. The lowest BCUT2D eigenvalue weighted by molar-refractivity contribution is -0.145. The zero-order chi connectivity index (χ0) is 20.8. The molecule has 4 aliphatic carbocycles. The average Bonchev–Trinajstić information content (AvgIpc) is 3.09. The minimum absolute atomic E-state index is 0.119. The Morgan fingerprint density at radius 2 is 1.87 bits per heavy atom. The second kappa shape index (κ2) is 6.91. The predicted molar refractivity (Wildman–Crippen MR) is 119 cm³/mol. The van der Waals surface area contributed by atoms with Crippen molar-refractivity contribution in [1.29, 1.82) is 0 Å². The van der Waals surface area contributed by atoms with Gasteiger partial charge in [0.25, 0.3) is 0 Å². The first-order valence-corrected chi connectivity index (χ1v) is 13.0. The molecule has 0 unspecified atom stereocenters. The summed E-state index contributed by atoms with van der Waals surface area (Å²) >= 11 is 0. The van der Waals surface area contributed by atoms with Crippen LogP contribution in [0, 0.1) is 46.8 Å². The number of aliphatic hydroxyl groups excluding tert-OH is 1. The number of Topliss-reactive ketones (excluding diaryl/α,β-unsaturated/α-hetero) is 1. The van der Waals surface area contributed by atoms with Gasteiger partial charge in [0, 0.05) is 31.5 Å². The van der Waals surface area contributed by atoms with Crippen LogP contribution in [-0.2, 0) is 4.79 Å². The number of hydrogen-bond acceptors (Lipinski definition) is 3. The van der Waals surface area contributed by atoms with Gasteiger partial charge in [-0.3, -0.25) is 9.69 Å². The molecule has 1 saturated heterocycles. The fourth-order valence-electron chi connectivity index (χ4n) is 9.64. The smallest absolute Gasteiger partial charge is 0.136 e. The molecule has 0 aromatic heterocycles. The highest BCUT2D eigenvalue weighted by Gasteiger charge is 2.61. The van der Waals surface area contributed by atoms with Crippen molar-refractivity contribution >= 4 is 5.78 Å². The molecule has 2 aliphatic heterocycles. The Morgan fingerprint density at radius 1 is 1.03 bits per heavy atom. The van der Waals surface area contributed by atoms with E-state index in [-0.39, 0.29) is 17.4 Å². The van der Waals surface area contributed by atoms with Crippen LogP contribution in [0.2, 0.25) is 0 Å². The van der Waals surface area contributed by atoms with Crippen LogP contribution in [0.25, 0.3) is 0 Å². The Morgan fingerprint density at radius 3 is 2.70 bits per heavy atom. The van der Waals surface area contributed by atoms with Gasteiger partial charge in [-0.15, -0.1) is 0 Å². The molecule has 0 spiro atoms. The van der Waals surface area contributed by atoms with Crippen LogP contribution in [-0.4, -0.2) is 41.0 Å². The number of carbonyl (C=O) groups is 1. The van der Waals surface area contributed by atoms with Gasteiger partial charge in [0.1, 0.15) is 5.78 Å². The van der Waals surface area contributed by atoms with E-state index in [4.69, 9.17) is 0 Å². The number of rotatable bonds is 0. The SMILES string of the molecule is C[C@@H]1CC[C@H]2[C@H](C)C3=C(CN2C1)[C@@H]1C[C@H]2[C@@H](CC(=O)[C@H]4C[C@@H](O)CC[C@@]42C)[C@@H]1CC3. The highest BCUT2D eigenvalue weighted by molar-refractivity contribution is 5.83. The van der Waals surface area contributed by atoms with Crippen LogP contribution < -0.4 is 0 Å². The number of piperidine rings is 1. The Kier molecular flexibility index (Phi) is 4.60. The van der Waals surface area contributed by atoms with E-state index in [1.807, 2.05) is 11.1 Å². The standard InChI is InChI=1S/C27H41NO2/c1-15-4-7-25-16(2)18-5-6-19-20(22(18)14-28(25)13-15)11-23-21(19)12-26(30)24-10-17(29)8-9-27(23,24)3/h15-17,19-21,23-25,29H,4-14H2,1-3H3/t15-,16-,17+,19-,20-,21+,23+,24-,25+,27-/m1/s1. The second-order valence-corrected chi connectivity index (χ2v) is 12.5. The summed E-state index contributed by atoms with van der Waals surface area (Å²) < 4.78 is 0. The van der Waals surface area contributed by atoms with Gasteiger partial charge >= 0.3 is 0 Å². The van der Waals surface area contributed by atoms with Crippen LogP contribution in [0.4, 0.5) is 0 Å². The fraction of sp³-hybridized carbons (Fsp3) is 0.889. The van der Waals surface area contributed by atoms with Gasteiger partial charge in [-0.1, -0.05) is 31.9 Å². The van der Waals surface area contributed by atoms with Crippen molar-refractivity contribution in [2.24, 2.45) is 46.8 Å². The van der Waals surface area contributed by atoms with E-state index in [0.717, 1.165) is 55.4 Å². The van der Waals surface area contributed by atoms with Crippen LogP contribution >= 0.6 is 0 Å². The van der Waals surface area contributed by atoms with Crippen LogP contribution in [0.15, 0.2) is 11.1 Å². The lowest BCUT2D eigenvalue weighted by Gasteiger charge is -2.52. The summed E-state index contributed by atoms with van der Waals surface area (Å²) in [6.45, 7) is 9.89. The minimum atomic E-state index is -0.251. The Labute approximate surface area is 182 Å².